The lowest BCUT2D eigenvalue weighted by atomic mass is 10.5. The van der Waals surface area contributed by atoms with Crippen LogP contribution in [-0.4, -0.2) is 5.97 Å². The Morgan fingerprint density at radius 2 is 2.60 bits per heavy atom. The molecule has 10 heavy (non-hydrogen) atoms. The molecule has 4 heteroatoms. The first-order valence-corrected chi connectivity index (χ1v) is 2.75. The second kappa shape index (κ2) is 2.91. The molecular formula is C6H7NO3. The summed E-state index contributed by atoms with van der Waals surface area (Å²) in [6.45, 7) is 1.34. The van der Waals surface area contributed by atoms with E-state index in [9.17, 15) is 4.79 Å². The third kappa shape index (κ3) is 1.81. The maximum Gasteiger partial charge on any atom is 0.308 e. The first kappa shape index (κ1) is 6.67. The Morgan fingerprint density at radius 3 is 3.10 bits per heavy atom. The highest BCUT2D eigenvalue weighted by Crippen LogP contribution is 2.01. The van der Waals surface area contributed by atoms with E-state index in [1.54, 1.807) is 0 Å². The Kier molecular flexibility index (Phi) is 1.94. The van der Waals surface area contributed by atoms with Crippen LogP contribution in [0.3, 0.4) is 0 Å². The molecule has 1 heterocycles. The molecule has 1 aliphatic rings. The molecule has 0 aromatic rings. The Morgan fingerprint density at radius 1 is 1.80 bits per heavy atom. The van der Waals surface area contributed by atoms with E-state index in [1.807, 2.05) is 0 Å². The average molecular weight is 141 g/mol. The molecule has 0 saturated carbocycles. The first-order chi connectivity index (χ1) is 4.79. The van der Waals surface area contributed by atoms with Crippen molar-refractivity contribution in [1.29, 1.82) is 0 Å². The van der Waals surface area contributed by atoms with Gasteiger partial charge in [0, 0.05) is 13.0 Å². The molecule has 4 nitrogen and oxygen atoms in total. The lowest BCUT2D eigenvalue weighted by molar-refractivity contribution is -0.136. The number of ether oxygens (including phenoxy) is 1. The molecule has 0 atom stereocenters. The summed E-state index contributed by atoms with van der Waals surface area (Å²) < 4.78 is 4.68. The first-order valence-electron chi connectivity index (χ1n) is 2.75. The second-order valence-electron chi connectivity index (χ2n) is 1.68. The fourth-order valence-electron chi connectivity index (χ4n) is 0.510. The average Bonchev–Trinajstić information content (AvgIpc) is 1.88. The van der Waals surface area contributed by atoms with Gasteiger partial charge in [-0.1, -0.05) is 0 Å². The van der Waals surface area contributed by atoms with Gasteiger partial charge in [-0.25, -0.2) is 5.48 Å². The van der Waals surface area contributed by atoms with E-state index < -0.39 is 0 Å². The third-order valence-corrected chi connectivity index (χ3v) is 0.831. The van der Waals surface area contributed by atoms with Crippen LogP contribution in [0, 0.1) is 0 Å². The van der Waals surface area contributed by atoms with Crippen molar-refractivity contribution in [3.8, 4) is 0 Å². The van der Waals surface area contributed by atoms with Crippen molar-refractivity contribution in [3.05, 3.63) is 24.3 Å². The lowest BCUT2D eigenvalue weighted by Gasteiger charge is -2.07. The number of hydrogen-bond acceptors (Lipinski definition) is 4. The van der Waals surface area contributed by atoms with E-state index in [4.69, 9.17) is 0 Å². The van der Waals surface area contributed by atoms with Crippen molar-refractivity contribution in [2.24, 2.45) is 0 Å². The minimum absolute atomic E-state index is 0.348. The Balaban J connectivity index is 2.48. The SMILES string of the molecule is CC(=O)OC1=CNOC=C1. The van der Waals surface area contributed by atoms with Gasteiger partial charge in [0.05, 0.1) is 6.20 Å². The molecule has 54 valence electrons. The van der Waals surface area contributed by atoms with Crippen LogP contribution in [0.2, 0.25) is 0 Å². The fraction of sp³-hybridized carbons (Fsp3) is 0.167. The maximum atomic E-state index is 10.3. The standard InChI is InChI=1S/C6H7NO3/c1-5(8)10-6-2-3-9-7-4-6/h2-4,7H,1H3. The fourth-order valence-corrected chi connectivity index (χ4v) is 0.510. The summed E-state index contributed by atoms with van der Waals surface area (Å²) in [4.78, 5) is 14.9. The normalized spacial score (nSPS) is 14.7. The van der Waals surface area contributed by atoms with Gasteiger partial charge in [-0.3, -0.25) is 4.79 Å². The molecule has 1 aliphatic heterocycles. The third-order valence-electron chi connectivity index (χ3n) is 0.831. The van der Waals surface area contributed by atoms with Crippen molar-refractivity contribution in [2.45, 2.75) is 6.92 Å². The smallest absolute Gasteiger partial charge is 0.308 e. The minimum atomic E-state index is -0.348. The summed E-state index contributed by atoms with van der Waals surface area (Å²) in [5.41, 5.74) is 2.41. The molecule has 0 bridgehead atoms. The Hall–Kier alpha value is -1.45. The van der Waals surface area contributed by atoms with Crippen molar-refractivity contribution in [1.82, 2.24) is 5.48 Å². The molecular weight excluding hydrogens is 134 g/mol. The topological polar surface area (TPSA) is 47.6 Å². The Bertz CT molecular complexity index is 195. The molecule has 1 rings (SSSR count). The largest absolute Gasteiger partial charge is 0.425 e. The van der Waals surface area contributed by atoms with Crippen molar-refractivity contribution in [3.63, 3.8) is 0 Å². The van der Waals surface area contributed by atoms with E-state index in [-0.39, 0.29) is 5.97 Å². The molecule has 0 aliphatic carbocycles. The molecule has 0 unspecified atom stereocenters. The highest BCUT2D eigenvalue weighted by molar-refractivity contribution is 5.67. The molecule has 0 amide bonds. The van der Waals surface area contributed by atoms with Crippen LogP contribution in [0.5, 0.6) is 0 Å². The van der Waals surface area contributed by atoms with Gasteiger partial charge in [0.2, 0.25) is 0 Å². The van der Waals surface area contributed by atoms with Crippen LogP contribution < -0.4 is 5.48 Å². The van der Waals surface area contributed by atoms with Gasteiger partial charge in [0.15, 0.2) is 5.76 Å². The van der Waals surface area contributed by atoms with Gasteiger partial charge in [0.25, 0.3) is 0 Å². The van der Waals surface area contributed by atoms with Crippen molar-refractivity contribution in [2.75, 3.05) is 0 Å². The number of allylic oxidation sites excluding steroid dienone is 1. The molecule has 0 fully saturated rings. The summed E-state index contributed by atoms with van der Waals surface area (Å²) in [5.74, 6) is 0.0957. The van der Waals surface area contributed by atoms with Crippen LogP contribution in [0.1, 0.15) is 6.92 Å². The van der Waals surface area contributed by atoms with Gasteiger partial charge in [-0.05, 0) is 0 Å². The quantitative estimate of drug-likeness (QED) is 0.538. The van der Waals surface area contributed by atoms with Crippen LogP contribution in [0.15, 0.2) is 24.3 Å². The number of carbonyl (C=O) groups excluding carboxylic acids is 1. The molecule has 0 aromatic heterocycles. The predicted molar refractivity (Wildman–Crippen MR) is 33.2 cm³/mol. The van der Waals surface area contributed by atoms with Crippen molar-refractivity contribution >= 4 is 5.97 Å². The summed E-state index contributed by atoms with van der Waals surface area (Å²) in [6.07, 6.45) is 4.37. The number of carbonyl (C=O) groups is 1. The summed E-state index contributed by atoms with van der Waals surface area (Å²) in [7, 11) is 0. The number of esters is 1. The maximum absolute atomic E-state index is 10.3. The number of rotatable bonds is 1. The zero-order chi connectivity index (χ0) is 7.40. The van der Waals surface area contributed by atoms with Crippen LogP contribution in [-0.2, 0) is 14.4 Å². The molecule has 1 N–H and O–H groups in total. The van der Waals surface area contributed by atoms with Gasteiger partial charge in [-0.2, -0.15) is 0 Å². The van der Waals surface area contributed by atoms with E-state index in [0.717, 1.165) is 0 Å². The van der Waals surface area contributed by atoms with Crippen LogP contribution in [0.25, 0.3) is 0 Å². The van der Waals surface area contributed by atoms with Gasteiger partial charge < -0.3 is 9.57 Å². The summed E-state index contributed by atoms with van der Waals surface area (Å²) in [6, 6.07) is 0. The zero-order valence-electron chi connectivity index (χ0n) is 5.46. The van der Waals surface area contributed by atoms with Crippen LogP contribution >= 0.6 is 0 Å². The Labute approximate surface area is 58.1 Å². The minimum Gasteiger partial charge on any atom is -0.425 e. The highest BCUT2D eigenvalue weighted by atomic mass is 16.6. The van der Waals surface area contributed by atoms with Crippen LogP contribution in [0.4, 0.5) is 0 Å². The summed E-state index contributed by atoms with van der Waals surface area (Å²) in [5, 5.41) is 0. The number of hydroxylamine groups is 1. The monoisotopic (exact) mass is 141 g/mol. The summed E-state index contributed by atoms with van der Waals surface area (Å²) >= 11 is 0. The van der Waals surface area contributed by atoms with Gasteiger partial charge in [0.1, 0.15) is 6.26 Å². The molecule has 0 spiro atoms. The van der Waals surface area contributed by atoms with Gasteiger partial charge >= 0.3 is 5.97 Å². The highest BCUT2D eigenvalue weighted by Gasteiger charge is 1.99. The van der Waals surface area contributed by atoms with Gasteiger partial charge in [-0.15, -0.1) is 0 Å². The van der Waals surface area contributed by atoms with E-state index in [1.165, 1.54) is 25.5 Å². The number of nitrogens with one attached hydrogen (secondary N) is 1. The van der Waals surface area contributed by atoms with E-state index in [0.29, 0.717) is 5.76 Å². The second-order valence-corrected chi connectivity index (χ2v) is 1.68. The molecule has 0 saturated heterocycles. The lowest BCUT2D eigenvalue weighted by Crippen LogP contribution is -2.09. The van der Waals surface area contributed by atoms with Crippen molar-refractivity contribution < 1.29 is 14.4 Å². The number of hydrogen-bond donors (Lipinski definition) is 1. The van der Waals surface area contributed by atoms with E-state index >= 15 is 0 Å². The predicted octanol–water partition coefficient (Wildman–Crippen LogP) is 0.439. The zero-order valence-corrected chi connectivity index (χ0v) is 5.46. The van der Waals surface area contributed by atoms with E-state index in [2.05, 4.69) is 15.1 Å². The molecule has 0 radical (unpaired) electrons. The molecule has 0 aromatic carbocycles.